The van der Waals surface area contributed by atoms with Crippen LogP contribution < -0.4 is 0 Å². The lowest BCUT2D eigenvalue weighted by Crippen LogP contribution is -2.13. The van der Waals surface area contributed by atoms with Gasteiger partial charge in [0.25, 0.3) is 0 Å². The molecule has 0 amide bonds. The van der Waals surface area contributed by atoms with Crippen molar-refractivity contribution < 1.29 is 15.0 Å². The van der Waals surface area contributed by atoms with E-state index < -0.39 is 5.97 Å². The Labute approximate surface area is 174 Å². The molecule has 0 aliphatic heterocycles. The number of alkyl halides is 1. The van der Waals surface area contributed by atoms with Crippen LogP contribution in [-0.2, 0) is 4.79 Å². The zero-order valence-corrected chi connectivity index (χ0v) is 17.8. The van der Waals surface area contributed by atoms with Gasteiger partial charge in [-0.15, -0.1) is 11.6 Å². The Morgan fingerprint density at radius 1 is 1.18 bits per heavy atom. The van der Waals surface area contributed by atoms with Gasteiger partial charge in [0.05, 0.1) is 6.10 Å². The monoisotopic (exact) mass is 406 g/mol. The Hall–Kier alpha value is -1.32. The fraction of sp³-hybridized carbons (Fsp3) is 0.625. The smallest absolute Gasteiger partial charge is 0.303 e. The summed E-state index contributed by atoms with van der Waals surface area (Å²) in [6.45, 7) is 2.17. The van der Waals surface area contributed by atoms with Crippen LogP contribution in [0.25, 0.3) is 0 Å². The molecule has 1 aromatic carbocycles. The van der Waals surface area contributed by atoms with Crippen molar-refractivity contribution in [3.63, 3.8) is 0 Å². The van der Waals surface area contributed by atoms with Gasteiger partial charge in [0.15, 0.2) is 0 Å². The normalized spacial score (nSPS) is 23.3. The van der Waals surface area contributed by atoms with Crippen LogP contribution in [0, 0.1) is 5.92 Å². The fourth-order valence-electron chi connectivity index (χ4n) is 4.23. The first kappa shape index (κ1) is 23.0. The van der Waals surface area contributed by atoms with E-state index in [1.165, 1.54) is 12.0 Å². The topological polar surface area (TPSA) is 57.5 Å². The van der Waals surface area contributed by atoms with E-state index in [4.69, 9.17) is 16.7 Å². The Kier molecular flexibility index (Phi) is 10.1. The number of unbranched alkanes of at least 4 members (excludes halogenated alkanes) is 3. The highest BCUT2D eigenvalue weighted by molar-refractivity contribution is 6.21. The van der Waals surface area contributed by atoms with Gasteiger partial charge in [-0.1, -0.05) is 62.6 Å². The minimum absolute atomic E-state index is 0.158. The number of hydrogen-bond donors (Lipinski definition) is 2. The molecule has 2 N–H and O–H groups in total. The van der Waals surface area contributed by atoms with E-state index in [-0.39, 0.29) is 17.9 Å². The van der Waals surface area contributed by atoms with Crippen molar-refractivity contribution in [2.75, 3.05) is 0 Å². The number of aliphatic hydroxyl groups is 1. The Morgan fingerprint density at radius 3 is 2.61 bits per heavy atom. The standard InChI is InChI=1S/C24H35ClO3/c1-2-3-6-10-22(26)18-12-14-20(15-13-18)24-19(16-17-21(24)25)9-7-4-5-8-11-23(27)28/h4,7,12-15,19,21-22,24,26H,2-3,5-6,8-11,16-17H2,1H3,(H,27,28)/b7-4-/t19-,21?,22+,24?/m0/s1. The number of allylic oxidation sites excluding steroid dienone is 2. The molecule has 0 bridgehead atoms. The minimum atomic E-state index is -0.729. The van der Waals surface area contributed by atoms with Crippen LogP contribution >= 0.6 is 11.6 Å². The Bertz CT molecular complexity index is 611. The first-order valence-electron chi connectivity index (χ1n) is 10.8. The third-order valence-electron chi connectivity index (χ3n) is 5.86. The molecule has 2 rings (SSSR count). The number of halogens is 1. The number of aliphatic hydroxyl groups excluding tert-OH is 1. The molecule has 0 heterocycles. The van der Waals surface area contributed by atoms with E-state index in [9.17, 15) is 9.90 Å². The van der Waals surface area contributed by atoms with Gasteiger partial charge in [-0.05, 0) is 55.6 Å². The van der Waals surface area contributed by atoms with E-state index >= 15 is 0 Å². The van der Waals surface area contributed by atoms with Gasteiger partial charge in [-0.3, -0.25) is 4.79 Å². The number of hydrogen-bond acceptors (Lipinski definition) is 2. The summed E-state index contributed by atoms with van der Waals surface area (Å²) >= 11 is 6.65. The van der Waals surface area contributed by atoms with E-state index in [0.717, 1.165) is 50.5 Å². The Balaban J connectivity index is 1.90. The molecular formula is C24H35ClO3. The lowest BCUT2D eigenvalue weighted by atomic mass is 9.85. The third-order valence-corrected chi connectivity index (χ3v) is 6.35. The third kappa shape index (κ3) is 7.25. The molecule has 1 aromatic rings. The average molecular weight is 407 g/mol. The number of carboxylic acid groups (broad SMARTS) is 1. The molecule has 3 nitrogen and oxygen atoms in total. The molecule has 156 valence electrons. The molecule has 0 radical (unpaired) electrons. The van der Waals surface area contributed by atoms with Crippen molar-refractivity contribution in [2.45, 2.75) is 88.5 Å². The summed E-state index contributed by atoms with van der Waals surface area (Å²) in [7, 11) is 0. The van der Waals surface area contributed by atoms with E-state index in [1.807, 2.05) is 0 Å². The summed E-state index contributed by atoms with van der Waals surface area (Å²) in [5.41, 5.74) is 2.27. The van der Waals surface area contributed by atoms with E-state index in [0.29, 0.717) is 18.3 Å². The van der Waals surface area contributed by atoms with Crippen molar-refractivity contribution in [1.29, 1.82) is 0 Å². The average Bonchev–Trinajstić information content (AvgIpc) is 3.05. The zero-order valence-electron chi connectivity index (χ0n) is 17.0. The lowest BCUT2D eigenvalue weighted by molar-refractivity contribution is -0.137. The highest BCUT2D eigenvalue weighted by atomic mass is 35.5. The second-order valence-electron chi connectivity index (χ2n) is 8.05. The number of aliphatic carboxylic acids is 1. The summed E-state index contributed by atoms with van der Waals surface area (Å²) in [6.07, 6.45) is 13.0. The predicted octanol–water partition coefficient (Wildman–Crippen LogP) is 6.60. The molecule has 2 unspecified atom stereocenters. The predicted molar refractivity (Wildman–Crippen MR) is 116 cm³/mol. The first-order valence-corrected chi connectivity index (χ1v) is 11.2. The zero-order chi connectivity index (χ0) is 20.4. The summed E-state index contributed by atoms with van der Waals surface area (Å²) in [4.78, 5) is 10.6. The number of rotatable bonds is 12. The molecule has 1 saturated carbocycles. The molecule has 0 aromatic heterocycles. The van der Waals surface area contributed by atoms with Crippen molar-refractivity contribution in [3.8, 4) is 0 Å². The second kappa shape index (κ2) is 12.3. The minimum Gasteiger partial charge on any atom is -0.481 e. The highest BCUT2D eigenvalue weighted by Crippen LogP contribution is 2.45. The summed E-state index contributed by atoms with van der Waals surface area (Å²) in [5.74, 6) is 0.142. The molecule has 28 heavy (non-hydrogen) atoms. The van der Waals surface area contributed by atoms with Gasteiger partial charge in [-0.25, -0.2) is 0 Å². The quantitative estimate of drug-likeness (QED) is 0.233. The number of carbonyl (C=O) groups is 1. The maximum atomic E-state index is 10.6. The van der Waals surface area contributed by atoms with Crippen molar-refractivity contribution >= 4 is 17.6 Å². The number of benzene rings is 1. The molecule has 4 heteroatoms. The van der Waals surface area contributed by atoms with Gasteiger partial charge in [0.1, 0.15) is 0 Å². The van der Waals surface area contributed by atoms with Crippen LogP contribution in [0.5, 0.6) is 0 Å². The van der Waals surface area contributed by atoms with Crippen LogP contribution in [0.1, 0.15) is 94.3 Å². The highest BCUT2D eigenvalue weighted by Gasteiger charge is 2.35. The molecule has 4 atom stereocenters. The lowest BCUT2D eigenvalue weighted by Gasteiger charge is -2.22. The van der Waals surface area contributed by atoms with Crippen LogP contribution in [0.2, 0.25) is 0 Å². The van der Waals surface area contributed by atoms with Crippen LogP contribution in [-0.4, -0.2) is 21.6 Å². The van der Waals surface area contributed by atoms with Gasteiger partial charge in [0, 0.05) is 17.7 Å². The molecule has 0 spiro atoms. The van der Waals surface area contributed by atoms with Gasteiger partial charge in [-0.2, -0.15) is 0 Å². The fourth-order valence-corrected chi connectivity index (χ4v) is 4.71. The summed E-state index contributed by atoms with van der Waals surface area (Å²) < 4.78 is 0. The maximum Gasteiger partial charge on any atom is 0.303 e. The molecule has 0 saturated heterocycles. The van der Waals surface area contributed by atoms with Crippen molar-refractivity contribution in [3.05, 3.63) is 47.5 Å². The Morgan fingerprint density at radius 2 is 1.93 bits per heavy atom. The van der Waals surface area contributed by atoms with Crippen LogP contribution in [0.4, 0.5) is 0 Å². The van der Waals surface area contributed by atoms with Gasteiger partial charge >= 0.3 is 5.97 Å². The van der Waals surface area contributed by atoms with E-state index in [2.05, 4.69) is 43.3 Å². The van der Waals surface area contributed by atoms with Gasteiger partial charge < -0.3 is 10.2 Å². The molecular weight excluding hydrogens is 372 g/mol. The van der Waals surface area contributed by atoms with Crippen LogP contribution in [0.15, 0.2) is 36.4 Å². The first-order chi connectivity index (χ1) is 13.5. The van der Waals surface area contributed by atoms with E-state index in [1.54, 1.807) is 0 Å². The summed E-state index contributed by atoms with van der Waals surface area (Å²) in [5, 5.41) is 19.2. The molecule has 1 aliphatic carbocycles. The van der Waals surface area contributed by atoms with Gasteiger partial charge in [0.2, 0.25) is 0 Å². The van der Waals surface area contributed by atoms with Crippen molar-refractivity contribution in [2.24, 2.45) is 5.92 Å². The molecule has 1 fully saturated rings. The van der Waals surface area contributed by atoms with Crippen molar-refractivity contribution in [1.82, 2.24) is 0 Å². The second-order valence-corrected chi connectivity index (χ2v) is 8.61. The SMILES string of the molecule is CCCCC[C@@H](O)c1ccc(C2C(Cl)CC[C@@H]2C/C=C\CCCC(=O)O)cc1. The largest absolute Gasteiger partial charge is 0.481 e. The summed E-state index contributed by atoms with van der Waals surface area (Å²) in [6, 6.07) is 8.42. The molecule has 1 aliphatic rings. The van der Waals surface area contributed by atoms with Crippen LogP contribution in [0.3, 0.4) is 0 Å². The maximum absolute atomic E-state index is 10.6. The number of carboxylic acids is 1.